The van der Waals surface area contributed by atoms with Crippen LogP contribution in [0.4, 0.5) is 0 Å². The summed E-state index contributed by atoms with van der Waals surface area (Å²) in [5.74, 6) is 0.302. The molecule has 0 aromatic heterocycles. The number of rotatable bonds is 2. The van der Waals surface area contributed by atoms with Gasteiger partial charge in [0.05, 0.1) is 6.04 Å². The molecule has 5 heteroatoms. The SMILES string of the molecule is NC(C1=NC(=O)C2(CCC2)C(=O)N1)C1CC1. The van der Waals surface area contributed by atoms with Crippen LogP contribution in [0.25, 0.3) is 0 Å². The maximum Gasteiger partial charge on any atom is 0.263 e. The average Bonchev–Trinajstić information content (AvgIpc) is 2.96. The lowest BCUT2D eigenvalue weighted by atomic mass is 9.67. The number of hydrogen-bond acceptors (Lipinski definition) is 3. The van der Waals surface area contributed by atoms with E-state index in [2.05, 4.69) is 10.3 Å². The highest BCUT2D eigenvalue weighted by Crippen LogP contribution is 2.44. The van der Waals surface area contributed by atoms with Gasteiger partial charge >= 0.3 is 0 Å². The number of nitrogens with zero attached hydrogens (tertiary/aromatic N) is 1. The molecular formula is C11H15N3O2. The van der Waals surface area contributed by atoms with Crippen molar-refractivity contribution in [2.24, 2.45) is 22.1 Å². The number of carbonyl (C=O) groups is 2. The molecule has 3 aliphatic rings. The molecule has 16 heavy (non-hydrogen) atoms. The first-order valence-corrected chi connectivity index (χ1v) is 5.83. The summed E-state index contributed by atoms with van der Waals surface area (Å²) in [5, 5.41) is 2.73. The second-order valence-corrected chi connectivity index (χ2v) is 5.06. The van der Waals surface area contributed by atoms with Gasteiger partial charge in [-0.15, -0.1) is 0 Å². The predicted octanol–water partition coefficient (Wildman–Crippen LogP) is -0.0511. The zero-order valence-electron chi connectivity index (χ0n) is 9.03. The lowest BCUT2D eigenvalue weighted by Crippen LogP contribution is -2.59. The Morgan fingerprint density at radius 1 is 1.38 bits per heavy atom. The molecule has 86 valence electrons. The number of carbonyl (C=O) groups excluding carboxylic acids is 2. The summed E-state index contributed by atoms with van der Waals surface area (Å²) in [6.45, 7) is 0. The van der Waals surface area contributed by atoms with E-state index in [1.54, 1.807) is 0 Å². The van der Waals surface area contributed by atoms with E-state index in [0.717, 1.165) is 19.3 Å². The van der Waals surface area contributed by atoms with Crippen molar-refractivity contribution in [3.63, 3.8) is 0 Å². The minimum Gasteiger partial charge on any atom is -0.321 e. The zero-order chi connectivity index (χ0) is 11.3. The summed E-state index contributed by atoms with van der Waals surface area (Å²) in [7, 11) is 0. The fraction of sp³-hybridized carbons (Fsp3) is 0.727. The highest BCUT2D eigenvalue weighted by Gasteiger charge is 2.54. The van der Waals surface area contributed by atoms with Crippen LogP contribution in [0, 0.1) is 11.3 Å². The molecule has 1 atom stereocenters. The standard InChI is InChI=1S/C11H15N3O2/c12-7(6-2-3-6)8-13-9(15)11(4-1-5-11)10(16)14-8/h6-7H,1-5,12H2,(H,13,14,15,16). The normalized spacial score (nSPS) is 29.4. The molecule has 0 radical (unpaired) electrons. The second-order valence-electron chi connectivity index (χ2n) is 5.06. The third kappa shape index (κ3) is 1.24. The summed E-state index contributed by atoms with van der Waals surface area (Å²) in [4.78, 5) is 27.8. The number of aliphatic imine (C=N–C) groups is 1. The fourth-order valence-electron chi connectivity index (χ4n) is 2.39. The van der Waals surface area contributed by atoms with E-state index < -0.39 is 5.41 Å². The first-order chi connectivity index (χ1) is 7.63. The van der Waals surface area contributed by atoms with Crippen LogP contribution in [-0.4, -0.2) is 23.7 Å². The van der Waals surface area contributed by atoms with Gasteiger partial charge in [0.2, 0.25) is 5.91 Å². The average molecular weight is 221 g/mol. The molecule has 2 amide bonds. The Morgan fingerprint density at radius 3 is 2.50 bits per heavy atom. The molecule has 1 spiro atoms. The Labute approximate surface area is 93.5 Å². The molecule has 0 saturated heterocycles. The largest absolute Gasteiger partial charge is 0.321 e. The molecule has 5 nitrogen and oxygen atoms in total. The molecule has 3 rings (SSSR count). The van der Waals surface area contributed by atoms with Crippen molar-refractivity contribution in [1.29, 1.82) is 0 Å². The Bertz CT molecular complexity index is 394. The summed E-state index contributed by atoms with van der Waals surface area (Å²) in [6.07, 6.45) is 4.32. The highest BCUT2D eigenvalue weighted by atomic mass is 16.2. The molecule has 3 N–H and O–H groups in total. The van der Waals surface area contributed by atoms with Crippen molar-refractivity contribution in [3.05, 3.63) is 0 Å². The van der Waals surface area contributed by atoms with Crippen molar-refractivity contribution in [2.45, 2.75) is 38.1 Å². The van der Waals surface area contributed by atoms with E-state index in [1.165, 1.54) is 0 Å². The third-order valence-corrected chi connectivity index (χ3v) is 3.96. The molecule has 2 saturated carbocycles. The molecule has 0 bridgehead atoms. The van der Waals surface area contributed by atoms with Gasteiger partial charge in [-0.05, 0) is 31.6 Å². The first kappa shape index (κ1) is 9.96. The smallest absolute Gasteiger partial charge is 0.263 e. The van der Waals surface area contributed by atoms with Gasteiger partial charge < -0.3 is 11.1 Å². The van der Waals surface area contributed by atoms with Crippen LogP contribution in [0.5, 0.6) is 0 Å². The Kier molecular flexibility index (Phi) is 1.95. The van der Waals surface area contributed by atoms with Crippen LogP contribution in [0.1, 0.15) is 32.1 Å². The van der Waals surface area contributed by atoms with Crippen molar-refractivity contribution in [2.75, 3.05) is 0 Å². The first-order valence-electron chi connectivity index (χ1n) is 5.83. The molecule has 0 aromatic carbocycles. The third-order valence-electron chi connectivity index (χ3n) is 3.96. The Morgan fingerprint density at radius 2 is 2.06 bits per heavy atom. The lowest BCUT2D eigenvalue weighted by Gasteiger charge is -2.40. The Balaban J connectivity index is 1.85. The van der Waals surface area contributed by atoms with Gasteiger partial charge in [-0.1, -0.05) is 6.42 Å². The topological polar surface area (TPSA) is 84.5 Å². The molecule has 2 fully saturated rings. The van der Waals surface area contributed by atoms with E-state index in [1.807, 2.05) is 0 Å². The zero-order valence-corrected chi connectivity index (χ0v) is 9.03. The number of hydrogen-bond donors (Lipinski definition) is 2. The maximum absolute atomic E-state index is 11.9. The van der Waals surface area contributed by atoms with Crippen LogP contribution in [-0.2, 0) is 9.59 Å². The molecule has 2 aliphatic carbocycles. The minimum absolute atomic E-state index is 0.190. The monoisotopic (exact) mass is 221 g/mol. The molecule has 1 unspecified atom stereocenters. The fourth-order valence-corrected chi connectivity index (χ4v) is 2.39. The summed E-state index contributed by atoms with van der Waals surface area (Å²) in [5.41, 5.74) is 5.09. The van der Waals surface area contributed by atoms with Gasteiger partial charge in [-0.25, -0.2) is 0 Å². The van der Waals surface area contributed by atoms with Crippen LogP contribution < -0.4 is 11.1 Å². The summed E-state index contributed by atoms with van der Waals surface area (Å²) >= 11 is 0. The van der Waals surface area contributed by atoms with E-state index in [0.29, 0.717) is 24.6 Å². The van der Waals surface area contributed by atoms with Crippen LogP contribution in [0.2, 0.25) is 0 Å². The van der Waals surface area contributed by atoms with Crippen LogP contribution in [0.3, 0.4) is 0 Å². The quantitative estimate of drug-likeness (QED) is 0.641. The van der Waals surface area contributed by atoms with Crippen LogP contribution >= 0.6 is 0 Å². The number of amidine groups is 1. The van der Waals surface area contributed by atoms with Crippen molar-refractivity contribution >= 4 is 17.6 Å². The number of nitrogens with one attached hydrogen (secondary N) is 1. The molecule has 1 aliphatic heterocycles. The van der Waals surface area contributed by atoms with Gasteiger partial charge in [0.25, 0.3) is 5.91 Å². The van der Waals surface area contributed by atoms with Crippen LogP contribution in [0.15, 0.2) is 4.99 Å². The van der Waals surface area contributed by atoms with Crippen molar-refractivity contribution in [1.82, 2.24) is 5.32 Å². The van der Waals surface area contributed by atoms with Gasteiger partial charge in [-0.2, -0.15) is 4.99 Å². The van der Waals surface area contributed by atoms with Gasteiger partial charge in [0, 0.05) is 0 Å². The second kappa shape index (κ2) is 3.13. The van der Waals surface area contributed by atoms with Crippen molar-refractivity contribution < 1.29 is 9.59 Å². The molecule has 0 aromatic rings. The van der Waals surface area contributed by atoms with Gasteiger partial charge in [0.15, 0.2) is 0 Å². The molecule has 1 heterocycles. The molecular weight excluding hydrogens is 206 g/mol. The Hall–Kier alpha value is -1.23. The highest BCUT2D eigenvalue weighted by molar-refractivity contribution is 6.20. The number of nitrogens with two attached hydrogens (primary N) is 1. The summed E-state index contributed by atoms with van der Waals surface area (Å²) in [6, 6.07) is -0.273. The van der Waals surface area contributed by atoms with E-state index in [4.69, 9.17) is 5.73 Å². The van der Waals surface area contributed by atoms with Gasteiger partial charge in [-0.3, -0.25) is 9.59 Å². The number of amides is 2. The van der Waals surface area contributed by atoms with E-state index in [-0.39, 0.29) is 17.9 Å². The van der Waals surface area contributed by atoms with Gasteiger partial charge in [0.1, 0.15) is 11.3 Å². The maximum atomic E-state index is 11.9. The van der Waals surface area contributed by atoms with E-state index in [9.17, 15) is 9.59 Å². The summed E-state index contributed by atoms with van der Waals surface area (Å²) < 4.78 is 0. The van der Waals surface area contributed by atoms with Crippen molar-refractivity contribution in [3.8, 4) is 0 Å². The van der Waals surface area contributed by atoms with E-state index >= 15 is 0 Å². The predicted molar refractivity (Wildman–Crippen MR) is 57.6 cm³/mol. The minimum atomic E-state index is -0.841. The lowest BCUT2D eigenvalue weighted by molar-refractivity contribution is -0.147.